The third-order valence-electron chi connectivity index (χ3n) is 4.00. The number of nitrogens with zero attached hydrogens (tertiary/aromatic N) is 1. The second-order valence-corrected chi connectivity index (χ2v) is 6.25. The van der Waals surface area contributed by atoms with Crippen LogP contribution in [0.5, 0.6) is 0 Å². The summed E-state index contributed by atoms with van der Waals surface area (Å²) in [6.45, 7) is 4.31. The Hall–Kier alpha value is -1.78. The lowest BCUT2D eigenvalue weighted by molar-refractivity contribution is -0.130. The van der Waals surface area contributed by atoms with Gasteiger partial charge in [0.15, 0.2) is 5.78 Å². The van der Waals surface area contributed by atoms with E-state index >= 15 is 0 Å². The molecule has 1 heterocycles. The molecule has 0 spiro atoms. The van der Waals surface area contributed by atoms with Crippen LogP contribution < -0.4 is 0 Å². The predicted molar refractivity (Wildman–Crippen MR) is 74.9 cm³/mol. The summed E-state index contributed by atoms with van der Waals surface area (Å²) in [5.74, 6) is -2.60. The number of hydrogen-bond donors (Lipinski definition) is 0. The normalized spacial score (nSPS) is 18.5. The number of amides is 1. The monoisotopic (exact) mass is 295 g/mol. The molecule has 1 aromatic carbocycles. The zero-order valence-corrected chi connectivity index (χ0v) is 12.3. The topological polar surface area (TPSA) is 37.4 Å². The van der Waals surface area contributed by atoms with E-state index in [1.165, 1.54) is 11.0 Å². The molecule has 0 radical (unpaired) electrons. The van der Waals surface area contributed by atoms with Gasteiger partial charge in [-0.05, 0) is 30.4 Å². The maximum Gasteiger partial charge on any atom is 0.222 e. The molecule has 1 aromatic rings. The molecule has 0 aliphatic carbocycles. The van der Waals surface area contributed by atoms with E-state index in [4.69, 9.17) is 0 Å². The highest BCUT2D eigenvalue weighted by atomic mass is 19.1. The number of likely N-dealkylation sites (tertiary alicyclic amines) is 1. The summed E-state index contributed by atoms with van der Waals surface area (Å²) in [4.78, 5) is 25.5. The number of carbonyl (C=O) groups excluding carboxylic acids is 2. The van der Waals surface area contributed by atoms with Crippen LogP contribution in [0.15, 0.2) is 18.2 Å². The molecule has 5 heteroatoms. The smallest absolute Gasteiger partial charge is 0.222 e. The van der Waals surface area contributed by atoms with Crippen LogP contribution in [0.1, 0.15) is 43.5 Å². The number of Topliss-reactive ketones (excluding diaryl/α,β-unsaturated/α-hetero) is 1. The zero-order chi connectivity index (χ0) is 15.6. The van der Waals surface area contributed by atoms with E-state index in [1.54, 1.807) is 0 Å². The third-order valence-corrected chi connectivity index (χ3v) is 4.00. The Balaban J connectivity index is 2.14. The number of rotatable bonds is 3. The van der Waals surface area contributed by atoms with Crippen LogP contribution >= 0.6 is 0 Å². The maximum absolute atomic E-state index is 13.6. The Morgan fingerprint density at radius 1 is 1.24 bits per heavy atom. The van der Waals surface area contributed by atoms with Crippen LogP contribution in [0.25, 0.3) is 0 Å². The first-order valence-electron chi connectivity index (χ1n) is 7.05. The molecule has 3 nitrogen and oxygen atoms in total. The largest absolute Gasteiger partial charge is 0.335 e. The van der Waals surface area contributed by atoms with Crippen LogP contribution in [-0.2, 0) is 4.79 Å². The van der Waals surface area contributed by atoms with Gasteiger partial charge in [-0.25, -0.2) is 8.78 Å². The van der Waals surface area contributed by atoms with Gasteiger partial charge in [0.05, 0.1) is 12.1 Å². The van der Waals surface area contributed by atoms with Gasteiger partial charge in [0.2, 0.25) is 5.91 Å². The van der Waals surface area contributed by atoms with E-state index in [1.807, 2.05) is 0 Å². The van der Waals surface area contributed by atoms with Crippen molar-refractivity contribution in [2.24, 2.45) is 5.41 Å². The molecular formula is C16H19F2NO2. The standard InChI is InChI=1S/C16H19F2NO2/c1-16(2)7-6-14(21)19(9-8-16)10-13(20)15-11(17)4-3-5-12(15)18/h3-5H,6-10H2,1-2H3. The summed E-state index contributed by atoms with van der Waals surface area (Å²) in [6.07, 6.45) is 1.89. The van der Waals surface area contributed by atoms with Crippen molar-refractivity contribution >= 4 is 11.7 Å². The van der Waals surface area contributed by atoms with Crippen LogP contribution in [0.3, 0.4) is 0 Å². The fourth-order valence-electron chi connectivity index (χ4n) is 2.47. The number of ketones is 1. The second kappa shape index (κ2) is 5.92. The Bertz CT molecular complexity index is 549. The first kappa shape index (κ1) is 15.6. The molecule has 21 heavy (non-hydrogen) atoms. The van der Waals surface area contributed by atoms with Gasteiger partial charge in [-0.2, -0.15) is 0 Å². The van der Waals surface area contributed by atoms with Crippen molar-refractivity contribution in [2.45, 2.75) is 33.1 Å². The SMILES string of the molecule is CC1(C)CCC(=O)N(CC(=O)c2c(F)cccc2F)CC1. The van der Waals surface area contributed by atoms with Gasteiger partial charge in [0.25, 0.3) is 0 Å². The van der Waals surface area contributed by atoms with Gasteiger partial charge in [-0.1, -0.05) is 19.9 Å². The highest BCUT2D eigenvalue weighted by Gasteiger charge is 2.29. The molecule has 114 valence electrons. The Morgan fingerprint density at radius 3 is 2.48 bits per heavy atom. The molecule has 0 saturated carbocycles. The molecule has 0 N–H and O–H groups in total. The number of hydrogen-bond acceptors (Lipinski definition) is 2. The van der Waals surface area contributed by atoms with Crippen LogP contribution in [0, 0.1) is 17.0 Å². The fraction of sp³-hybridized carbons (Fsp3) is 0.500. The molecule has 1 fully saturated rings. The van der Waals surface area contributed by atoms with Gasteiger partial charge in [-0.15, -0.1) is 0 Å². The lowest BCUT2D eigenvalue weighted by Gasteiger charge is -2.23. The Kier molecular flexibility index (Phi) is 4.40. The van der Waals surface area contributed by atoms with Crippen molar-refractivity contribution in [3.63, 3.8) is 0 Å². The van der Waals surface area contributed by atoms with E-state index in [9.17, 15) is 18.4 Å². The molecule has 1 aliphatic heterocycles. The molecule has 0 unspecified atom stereocenters. The number of halogens is 2. The highest BCUT2D eigenvalue weighted by molar-refractivity contribution is 5.99. The molecule has 0 bridgehead atoms. The average Bonchev–Trinajstić information content (AvgIpc) is 2.52. The molecule has 1 aliphatic rings. The van der Waals surface area contributed by atoms with Crippen molar-refractivity contribution in [1.29, 1.82) is 0 Å². The minimum absolute atomic E-state index is 0.0384. The maximum atomic E-state index is 13.6. The predicted octanol–water partition coefficient (Wildman–Crippen LogP) is 3.19. The Labute approximate surface area is 122 Å². The van der Waals surface area contributed by atoms with E-state index in [0.29, 0.717) is 13.0 Å². The van der Waals surface area contributed by atoms with E-state index in [-0.39, 0.29) is 17.9 Å². The van der Waals surface area contributed by atoms with Crippen LogP contribution in [0.4, 0.5) is 8.78 Å². The molecule has 1 saturated heterocycles. The molecule has 1 amide bonds. The molecule has 2 rings (SSSR count). The highest BCUT2D eigenvalue weighted by Crippen LogP contribution is 2.30. The van der Waals surface area contributed by atoms with Crippen molar-refractivity contribution in [2.75, 3.05) is 13.1 Å². The van der Waals surface area contributed by atoms with Crippen molar-refractivity contribution in [3.8, 4) is 0 Å². The van der Waals surface area contributed by atoms with E-state index in [2.05, 4.69) is 13.8 Å². The van der Waals surface area contributed by atoms with Gasteiger partial charge >= 0.3 is 0 Å². The summed E-state index contributed by atoms with van der Waals surface area (Å²) in [7, 11) is 0. The molecule has 0 atom stereocenters. The number of carbonyl (C=O) groups is 2. The Morgan fingerprint density at radius 2 is 1.86 bits per heavy atom. The van der Waals surface area contributed by atoms with Crippen molar-refractivity contribution < 1.29 is 18.4 Å². The zero-order valence-electron chi connectivity index (χ0n) is 12.3. The fourth-order valence-corrected chi connectivity index (χ4v) is 2.47. The molecular weight excluding hydrogens is 276 g/mol. The van der Waals surface area contributed by atoms with Crippen LogP contribution in [-0.4, -0.2) is 29.7 Å². The minimum atomic E-state index is -0.886. The lowest BCUT2D eigenvalue weighted by Crippen LogP contribution is -2.36. The first-order valence-corrected chi connectivity index (χ1v) is 7.05. The third kappa shape index (κ3) is 3.65. The second-order valence-electron chi connectivity index (χ2n) is 6.25. The van der Waals surface area contributed by atoms with Gasteiger partial charge in [-0.3, -0.25) is 9.59 Å². The quantitative estimate of drug-likeness (QED) is 0.803. The van der Waals surface area contributed by atoms with Gasteiger partial charge in [0, 0.05) is 13.0 Å². The van der Waals surface area contributed by atoms with Crippen LogP contribution in [0.2, 0.25) is 0 Å². The first-order chi connectivity index (χ1) is 9.80. The van der Waals surface area contributed by atoms with Gasteiger partial charge < -0.3 is 4.90 Å². The summed E-state index contributed by atoms with van der Waals surface area (Å²) in [6, 6.07) is 3.30. The summed E-state index contributed by atoms with van der Waals surface area (Å²) < 4.78 is 27.2. The minimum Gasteiger partial charge on any atom is -0.335 e. The van der Waals surface area contributed by atoms with Gasteiger partial charge in [0.1, 0.15) is 11.6 Å². The van der Waals surface area contributed by atoms with E-state index < -0.39 is 23.0 Å². The summed E-state index contributed by atoms with van der Waals surface area (Å²) >= 11 is 0. The summed E-state index contributed by atoms with van der Waals surface area (Å²) in [5.41, 5.74) is -0.523. The summed E-state index contributed by atoms with van der Waals surface area (Å²) in [5, 5.41) is 0. The van der Waals surface area contributed by atoms with Crippen molar-refractivity contribution in [3.05, 3.63) is 35.4 Å². The van der Waals surface area contributed by atoms with E-state index in [0.717, 1.165) is 25.0 Å². The average molecular weight is 295 g/mol. The number of benzene rings is 1. The molecule has 0 aromatic heterocycles. The van der Waals surface area contributed by atoms with Crippen molar-refractivity contribution in [1.82, 2.24) is 4.90 Å². The lowest BCUT2D eigenvalue weighted by atomic mass is 9.85.